The highest BCUT2D eigenvalue weighted by molar-refractivity contribution is 7.92. The average molecular weight is 389 g/mol. The molecule has 0 bridgehead atoms. The summed E-state index contributed by atoms with van der Waals surface area (Å²) in [7, 11) is -4.41. The van der Waals surface area contributed by atoms with Gasteiger partial charge in [0.1, 0.15) is 11.4 Å². The predicted octanol–water partition coefficient (Wildman–Crippen LogP) is 3.75. The number of nitro groups is 1. The monoisotopic (exact) mass is 389 g/mol. The molecule has 0 aliphatic carbocycles. The van der Waals surface area contributed by atoms with E-state index in [0.29, 0.717) is 0 Å². The van der Waals surface area contributed by atoms with E-state index in [9.17, 15) is 33.6 Å². The third kappa shape index (κ3) is 3.60. The first-order valence-corrected chi connectivity index (χ1v) is 8.76. The minimum Gasteiger partial charge on any atom is -0.871 e. The number of aromatic hydroxyl groups is 1. The number of phenols is 1. The summed E-state index contributed by atoms with van der Waals surface area (Å²) in [5.41, 5.74) is -1.01. The molecule has 0 aromatic heterocycles. The van der Waals surface area contributed by atoms with E-state index in [4.69, 9.17) is 0 Å². The van der Waals surface area contributed by atoms with Gasteiger partial charge in [0.05, 0.1) is 10.6 Å². The smallest absolute Gasteiger partial charge is 0.387 e. The third-order valence-corrected chi connectivity index (χ3v) is 4.57. The minimum atomic E-state index is -4.41. The van der Waals surface area contributed by atoms with Crippen molar-refractivity contribution in [3.8, 4) is 11.5 Å². The van der Waals surface area contributed by atoms with Crippen LogP contribution in [0.4, 0.5) is 17.1 Å². The Morgan fingerprint density at radius 1 is 0.963 bits per heavy atom. The number of fused-ring (bicyclic) bond motifs is 1. The Morgan fingerprint density at radius 2 is 1.59 bits per heavy atom. The first-order chi connectivity index (χ1) is 12.7. The summed E-state index contributed by atoms with van der Waals surface area (Å²) in [6.45, 7) is 0. The fraction of sp³-hybridized carbons (Fsp3) is 0. The van der Waals surface area contributed by atoms with Crippen molar-refractivity contribution in [2.24, 2.45) is 10.2 Å². The highest BCUT2D eigenvalue weighted by Crippen LogP contribution is 2.39. The number of nitro benzene ring substituents is 1. The summed E-state index contributed by atoms with van der Waals surface area (Å²) in [5, 5.41) is 40.4. The van der Waals surface area contributed by atoms with Crippen LogP contribution < -0.4 is 5.11 Å². The van der Waals surface area contributed by atoms with E-state index in [1.807, 2.05) is 0 Å². The second kappa shape index (κ2) is 6.72. The van der Waals surface area contributed by atoms with Crippen molar-refractivity contribution < 1.29 is 28.5 Å². The quantitative estimate of drug-likeness (QED) is 0.264. The molecule has 0 saturated heterocycles. The van der Waals surface area contributed by atoms with Crippen molar-refractivity contribution in [1.29, 1.82) is 0 Å². The standard InChI is InChI=1S/C16H11N3O7S/c20-14-6-5-9(19(22)23)7-12(14)17-18-13-8-15(27(24,25)26)10-3-1-2-4-11(10)16(13)21/h1-8H,(H3-,17,18,20,21,24,25,26). The van der Waals surface area contributed by atoms with Gasteiger partial charge in [0.2, 0.25) is 4.90 Å². The summed E-state index contributed by atoms with van der Waals surface area (Å²) in [5.74, 6) is -1.04. The van der Waals surface area contributed by atoms with Crippen LogP contribution in [0, 0.1) is 10.1 Å². The van der Waals surface area contributed by atoms with Crippen molar-refractivity contribution in [2.45, 2.75) is 4.90 Å². The molecular formula is C16H11N3O7S. The molecular weight excluding hydrogens is 378 g/mol. The molecule has 3 rings (SSSR count). The molecule has 0 unspecified atom stereocenters. The number of benzene rings is 3. The zero-order valence-corrected chi connectivity index (χ0v) is 14.2. The molecule has 138 valence electrons. The number of hydrogen-bond acceptors (Lipinski definition) is 7. The largest absolute Gasteiger partial charge is 0.871 e. The van der Waals surface area contributed by atoms with E-state index in [1.54, 1.807) is 0 Å². The molecule has 0 atom stereocenters. The van der Waals surface area contributed by atoms with Crippen LogP contribution in [0.1, 0.15) is 0 Å². The molecule has 0 spiro atoms. The highest BCUT2D eigenvalue weighted by atomic mass is 32.3. The van der Waals surface area contributed by atoms with Gasteiger partial charge in [-0.1, -0.05) is 23.9 Å². The molecule has 27 heavy (non-hydrogen) atoms. The lowest BCUT2D eigenvalue weighted by Crippen LogP contribution is -2.08. The van der Waals surface area contributed by atoms with Crippen LogP contribution in [-0.2, 0) is 14.7 Å². The van der Waals surface area contributed by atoms with Crippen LogP contribution in [0.25, 0.3) is 10.8 Å². The highest BCUT2D eigenvalue weighted by Gasteiger charge is 2.29. The Balaban J connectivity index is 2.17. The van der Waals surface area contributed by atoms with Crippen molar-refractivity contribution in [3.63, 3.8) is 0 Å². The number of phenolic OH excluding ortho intramolecular Hbond substituents is 1. The second-order valence-electron chi connectivity index (χ2n) is 5.40. The Labute approximate surface area is 152 Å². The van der Waals surface area contributed by atoms with Gasteiger partial charge >= 0.3 is 10.5 Å². The third-order valence-electron chi connectivity index (χ3n) is 3.66. The van der Waals surface area contributed by atoms with E-state index in [1.165, 1.54) is 24.3 Å². The number of nitrogens with zero attached hydrogens (tertiary/aromatic N) is 3. The molecule has 0 aliphatic heterocycles. The predicted molar refractivity (Wildman–Crippen MR) is 93.9 cm³/mol. The SMILES string of the molecule is O=[N+]([O-])c1ccc(O)c(N=Nc2cc([S+](=O)(O)O)c3ccccc3c2[O-])c1. The van der Waals surface area contributed by atoms with Crippen molar-refractivity contribution in [2.75, 3.05) is 0 Å². The normalized spacial score (nSPS) is 11.9. The van der Waals surface area contributed by atoms with Gasteiger partial charge in [-0.15, -0.1) is 5.11 Å². The molecule has 10 nitrogen and oxygen atoms in total. The number of non-ortho nitro benzene ring substituents is 1. The zero-order valence-electron chi connectivity index (χ0n) is 13.3. The lowest BCUT2D eigenvalue weighted by atomic mass is 10.1. The average Bonchev–Trinajstić information content (AvgIpc) is 2.61. The van der Waals surface area contributed by atoms with Gasteiger partial charge in [0.25, 0.3) is 5.69 Å². The lowest BCUT2D eigenvalue weighted by Gasteiger charge is -2.14. The Morgan fingerprint density at radius 3 is 2.22 bits per heavy atom. The van der Waals surface area contributed by atoms with Gasteiger partial charge in [-0.3, -0.25) is 10.1 Å². The van der Waals surface area contributed by atoms with Gasteiger partial charge < -0.3 is 10.2 Å². The molecule has 0 amide bonds. The van der Waals surface area contributed by atoms with Crippen molar-refractivity contribution in [1.82, 2.24) is 0 Å². The molecule has 3 aromatic carbocycles. The second-order valence-corrected chi connectivity index (χ2v) is 6.83. The molecule has 3 N–H and O–H groups in total. The fourth-order valence-corrected chi connectivity index (χ4v) is 3.14. The van der Waals surface area contributed by atoms with Crippen LogP contribution in [-0.4, -0.2) is 19.1 Å². The maximum atomic E-state index is 12.5. The fourth-order valence-electron chi connectivity index (χ4n) is 2.41. The van der Waals surface area contributed by atoms with Crippen LogP contribution >= 0.6 is 0 Å². The van der Waals surface area contributed by atoms with E-state index < -0.39 is 31.8 Å². The van der Waals surface area contributed by atoms with Crippen molar-refractivity contribution >= 4 is 38.3 Å². The summed E-state index contributed by atoms with van der Waals surface area (Å²) in [6, 6.07) is 9.80. The van der Waals surface area contributed by atoms with Gasteiger partial charge in [0, 0.05) is 23.6 Å². The van der Waals surface area contributed by atoms with E-state index in [2.05, 4.69) is 10.2 Å². The van der Waals surface area contributed by atoms with Crippen LogP contribution in [0.3, 0.4) is 0 Å². The number of rotatable bonds is 4. The molecule has 0 fully saturated rings. The van der Waals surface area contributed by atoms with Gasteiger partial charge in [-0.05, 0) is 21.7 Å². The Bertz CT molecular complexity index is 1140. The maximum absolute atomic E-state index is 12.5. The molecule has 0 saturated carbocycles. The lowest BCUT2D eigenvalue weighted by molar-refractivity contribution is -0.384. The molecule has 11 heteroatoms. The number of azo groups is 1. The zero-order chi connectivity index (χ0) is 19.8. The summed E-state index contributed by atoms with van der Waals surface area (Å²) < 4.78 is 30.8. The maximum Gasteiger partial charge on any atom is 0.387 e. The van der Waals surface area contributed by atoms with Crippen LogP contribution in [0.15, 0.2) is 63.7 Å². The van der Waals surface area contributed by atoms with Gasteiger partial charge in [-0.25, -0.2) is 0 Å². The van der Waals surface area contributed by atoms with Crippen LogP contribution in [0.2, 0.25) is 0 Å². The minimum absolute atomic E-state index is 0.0306. The summed E-state index contributed by atoms with van der Waals surface area (Å²) in [6.07, 6.45) is 0. The molecule has 0 radical (unpaired) electrons. The van der Waals surface area contributed by atoms with E-state index in [0.717, 1.165) is 24.3 Å². The topological polar surface area (TPSA) is 169 Å². The molecule has 3 aromatic rings. The first kappa shape index (κ1) is 18.4. The van der Waals surface area contributed by atoms with E-state index in [-0.39, 0.29) is 27.8 Å². The van der Waals surface area contributed by atoms with Crippen molar-refractivity contribution in [3.05, 3.63) is 58.6 Å². The van der Waals surface area contributed by atoms with Crippen LogP contribution in [0.5, 0.6) is 11.5 Å². The van der Waals surface area contributed by atoms with Gasteiger partial charge in [0.15, 0.2) is 0 Å². The Kier molecular flexibility index (Phi) is 4.57. The molecule has 0 heterocycles. The summed E-state index contributed by atoms with van der Waals surface area (Å²) >= 11 is 0. The number of hydrogen-bond donors (Lipinski definition) is 3. The first-order valence-electron chi connectivity index (χ1n) is 7.29. The Hall–Kier alpha value is -3.41. The van der Waals surface area contributed by atoms with Gasteiger partial charge in [-0.2, -0.15) is 14.2 Å². The molecule has 0 aliphatic rings. The van der Waals surface area contributed by atoms with E-state index >= 15 is 0 Å². The summed E-state index contributed by atoms with van der Waals surface area (Å²) in [4.78, 5) is 9.69.